The van der Waals surface area contributed by atoms with Crippen molar-refractivity contribution in [2.75, 3.05) is 6.61 Å². The van der Waals surface area contributed by atoms with Crippen molar-refractivity contribution in [3.05, 3.63) is 59.2 Å². The van der Waals surface area contributed by atoms with Crippen molar-refractivity contribution in [2.45, 2.75) is 18.9 Å². The zero-order valence-electron chi connectivity index (χ0n) is 10.5. The van der Waals surface area contributed by atoms with E-state index in [0.717, 1.165) is 29.9 Å². The third-order valence-electron chi connectivity index (χ3n) is 3.46. The van der Waals surface area contributed by atoms with Crippen molar-refractivity contribution in [3.63, 3.8) is 0 Å². The van der Waals surface area contributed by atoms with E-state index in [1.807, 2.05) is 30.3 Å². The van der Waals surface area contributed by atoms with Crippen molar-refractivity contribution >= 4 is 0 Å². The van der Waals surface area contributed by atoms with E-state index >= 15 is 0 Å². The van der Waals surface area contributed by atoms with Crippen molar-refractivity contribution in [3.8, 4) is 11.5 Å². The molecule has 0 spiro atoms. The molecule has 19 heavy (non-hydrogen) atoms. The molecule has 3 rings (SSSR count). The molecule has 0 aromatic heterocycles. The predicted octanol–water partition coefficient (Wildman–Crippen LogP) is 2.60. The lowest BCUT2D eigenvalue weighted by molar-refractivity contribution is 0.178. The number of aliphatic hydroxyl groups excluding tert-OH is 1. The summed E-state index contributed by atoms with van der Waals surface area (Å²) in [6, 6.07) is 12.8. The molecule has 1 unspecified atom stereocenters. The molecule has 0 saturated carbocycles. The number of ether oxygens (including phenoxy) is 1. The van der Waals surface area contributed by atoms with Crippen LogP contribution in [0.15, 0.2) is 42.5 Å². The fourth-order valence-corrected chi connectivity index (χ4v) is 2.39. The van der Waals surface area contributed by atoms with E-state index in [2.05, 4.69) is 0 Å². The Morgan fingerprint density at radius 2 is 1.89 bits per heavy atom. The summed E-state index contributed by atoms with van der Waals surface area (Å²) in [4.78, 5) is 0. The number of phenols is 1. The highest BCUT2D eigenvalue weighted by molar-refractivity contribution is 5.41. The van der Waals surface area contributed by atoms with E-state index in [-0.39, 0.29) is 5.75 Å². The van der Waals surface area contributed by atoms with E-state index in [0.29, 0.717) is 6.42 Å². The number of benzene rings is 2. The van der Waals surface area contributed by atoms with Gasteiger partial charge in [-0.1, -0.05) is 18.2 Å². The molecule has 3 heteroatoms. The molecule has 0 fully saturated rings. The molecule has 0 radical (unpaired) electrons. The number of phenolic OH excluding ortho intramolecular Hbond substituents is 1. The Morgan fingerprint density at radius 1 is 1.11 bits per heavy atom. The van der Waals surface area contributed by atoms with Crippen LogP contribution in [0.5, 0.6) is 11.5 Å². The highest BCUT2D eigenvalue weighted by Gasteiger charge is 2.15. The Hall–Kier alpha value is -2.00. The number of hydrogen-bond donors (Lipinski definition) is 2. The summed E-state index contributed by atoms with van der Waals surface area (Å²) < 4.78 is 5.46. The van der Waals surface area contributed by atoms with E-state index in [9.17, 15) is 10.2 Å². The normalized spacial score (nSPS) is 14.8. The van der Waals surface area contributed by atoms with Gasteiger partial charge in [-0.25, -0.2) is 0 Å². The van der Waals surface area contributed by atoms with Gasteiger partial charge in [0, 0.05) is 12.8 Å². The summed E-state index contributed by atoms with van der Waals surface area (Å²) in [6.07, 6.45) is 0.921. The number of hydrogen-bond acceptors (Lipinski definition) is 3. The molecule has 1 aliphatic heterocycles. The first-order chi connectivity index (χ1) is 9.22. The van der Waals surface area contributed by atoms with E-state index in [4.69, 9.17) is 4.74 Å². The Labute approximate surface area is 112 Å². The van der Waals surface area contributed by atoms with Gasteiger partial charge in [-0.15, -0.1) is 0 Å². The molecular formula is C16H16O3. The van der Waals surface area contributed by atoms with Crippen LogP contribution in [0.4, 0.5) is 0 Å². The lowest BCUT2D eigenvalue weighted by Gasteiger charge is -2.12. The number of aliphatic hydroxyl groups is 1. The third-order valence-corrected chi connectivity index (χ3v) is 3.46. The van der Waals surface area contributed by atoms with Crippen molar-refractivity contribution in [2.24, 2.45) is 0 Å². The number of aromatic hydroxyl groups is 1. The smallest absolute Gasteiger partial charge is 0.122 e. The second-order valence-corrected chi connectivity index (χ2v) is 4.85. The molecule has 1 heterocycles. The molecule has 2 N–H and O–H groups in total. The van der Waals surface area contributed by atoms with Gasteiger partial charge < -0.3 is 14.9 Å². The average Bonchev–Trinajstić information content (AvgIpc) is 2.88. The SMILES string of the molecule is Oc1ccc(CC(O)c2ccc3c(c2)CCO3)cc1. The Morgan fingerprint density at radius 3 is 2.68 bits per heavy atom. The van der Waals surface area contributed by atoms with Gasteiger partial charge in [-0.3, -0.25) is 0 Å². The molecular weight excluding hydrogens is 240 g/mol. The van der Waals surface area contributed by atoms with Crippen LogP contribution in [0.25, 0.3) is 0 Å². The maximum Gasteiger partial charge on any atom is 0.122 e. The van der Waals surface area contributed by atoms with Gasteiger partial charge in [-0.2, -0.15) is 0 Å². The maximum absolute atomic E-state index is 10.3. The first-order valence-corrected chi connectivity index (χ1v) is 6.44. The van der Waals surface area contributed by atoms with Crippen LogP contribution >= 0.6 is 0 Å². The molecule has 1 aliphatic rings. The van der Waals surface area contributed by atoms with Gasteiger partial charge in [0.05, 0.1) is 12.7 Å². The molecule has 98 valence electrons. The predicted molar refractivity (Wildman–Crippen MR) is 72.4 cm³/mol. The highest BCUT2D eigenvalue weighted by atomic mass is 16.5. The fraction of sp³-hybridized carbons (Fsp3) is 0.250. The topological polar surface area (TPSA) is 49.7 Å². The molecule has 3 nitrogen and oxygen atoms in total. The van der Waals surface area contributed by atoms with Gasteiger partial charge in [0.2, 0.25) is 0 Å². The first-order valence-electron chi connectivity index (χ1n) is 6.44. The second kappa shape index (κ2) is 4.94. The Kier molecular flexibility index (Phi) is 3.13. The molecule has 1 atom stereocenters. The first kappa shape index (κ1) is 12.1. The molecule has 0 bridgehead atoms. The summed E-state index contributed by atoms with van der Waals surface area (Å²) in [5.74, 6) is 1.17. The Bertz CT molecular complexity index is 575. The number of rotatable bonds is 3. The van der Waals surface area contributed by atoms with Crippen molar-refractivity contribution < 1.29 is 14.9 Å². The van der Waals surface area contributed by atoms with Crippen LogP contribution in [-0.4, -0.2) is 16.8 Å². The van der Waals surface area contributed by atoms with Crippen LogP contribution in [0.1, 0.15) is 22.8 Å². The molecule has 2 aromatic rings. The largest absolute Gasteiger partial charge is 0.508 e. The summed E-state index contributed by atoms with van der Waals surface area (Å²) in [5.41, 5.74) is 3.08. The van der Waals surface area contributed by atoms with Crippen LogP contribution in [0, 0.1) is 0 Å². The van der Waals surface area contributed by atoms with Gasteiger partial charge in [0.15, 0.2) is 0 Å². The summed E-state index contributed by atoms with van der Waals surface area (Å²) in [6.45, 7) is 0.729. The van der Waals surface area contributed by atoms with Gasteiger partial charge >= 0.3 is 0 Å². The standard InChI is InChI=1S/C16H16O3/c17-14-4-1-11(2-5-14)9-15(18)12-3-6-16-13(10-12)7-8-19-16/h1-6,10,15,17-18H,7-9H2. The van der Waals surface area contributed by atoms with E-state index in [1.54, 1.807) is 12.1 Å². The minimum absolute atomic E-state index is 0.243. The minimum Gasteiger partial charge on any atom is -0.508 e. The quantitative estimate of drug-likeness (QED) is 0.887. The third kappa shape index (κ3) is 2.56. The summed E-state index contributed by atoms with van der Waals surface area (Å²) in [7, 11) is 0. The van der Waals surface area contributed by atoms with E-state index in [1.165, 1.54) is 5.56 Å². The molecule has 2 aromatic carbocycles. The van der Waals surface area contributed by atoms with Gasteiger partial charge in [-0.05, 0) is 41.0 Å². The van der Waals surface area contributed by atoms with Crippen molar-refractivity contribution in [1.82, 2.24) is 0 Å². The summed E-state index contributed by atoms with van der Waals surface area (Å²) in [5, 5.41) is 19.5. The monoisotopic (exact) mass is 256 g/mol. The number of fused-ring (bicyclic) bond motifs is 1. The van der Waals surface area contributed by atoms with Crippen LogP contribution in [0.3, 0.4) is 0 Å². The lowest BCUT2D eigenvalue weighted by Crippen LogP contribution is -2.02. The zero-order chi connectivity index (χ0) is 13.2. The lowest BCUT2D eigenvalue weighted by atomic mass is 9.99. The minimum atomic E-state index is -0.532. The fourth-order valence-electron chi connectivity index (χ4n) is 2.39. The van der Waals surface area contributed by atoms with Crippen LogP contribution < -0.4 is 4.74 Å². The van der Waals surface area contributed by atoms with Crippen LogP contribution in [0.2, 0.25) is 0 Å². The molecule has 0 saturated heterocycles. The Balaban J connectivity index is 1.76. The molecule has 0 aliphatic carbocycles. The molecule has 0 amide bonds. The average molecular weight is 256 g/mol. The van der Waals surface area contributed by atoms with Crippen molar-refractivity contribution in [1.29, 1.82) is 0 Å². The summed E-state index contributed by atoms with van der Waals surface area (Å²) >= 11 is 0. The van der Waals surface area contributed by atoms with Crippen LogP contribution in [-0.2, 0) is 12.8 Å². The zero-order valence-corrected chi connectivity index (χ0v) is 10.5. The van der Waals surface area contributed by atoms with Gasteiger partial charge in [0.25, 0.3) is 0 Å². The highest BCUT2D eigenvalue weighted by Crippen LogP contribution is 2.29. The van der Waals surface area contributed by atoms with Gasteiger partial charge in [0.1, 0.15) is 11.5 Å². The van der Waals surface area contributed by atoms with E-state index < -0.39 is 6.10 Å². The second-order valence-electron chi connectivity index (χ2n) is 4.85. The maximum atomic E-state index is 10.3.